The Morgan fingerprint density at radius 3 is 2.81 bits per heavy atom. The van der Waals surface area contributed by atoms with Gasteiger partial charge in [0, 0.05) is 25.2 Å². The van der Waals surface area contributed by atoms with Crippen molar-refractivity contribution in [2.24, 2.45) is 0 Å². The Hall–Kier alpha value is -3.75. The van der Waals surface area contributed by atoms with Crippen molar-refractivity contribution in [3.8, 4) is 0 Å². The van der Waals surface area contributed by atoms with Gasteiger partial charge in [0.1, 0.15) is 29.2 Å². The van der Waals surface area contributed by atoms with Crippen molar-refractivity contribution in [2.45, 2.75) is 45.8 Å². The van der Waals surface area contributed by atoms with Crippen molar-refractivity contribution in [3.63, 3.8) is 0 Å². The number of hydrogen-bond acceptors (Lipinski definition) is 6. The average Bonchev–Trinajstić information content (AvgIpc) is 3.20. The Labute approximate surface area is 184 Å². The predicted octanol–water partition coefficient (Wildman–Crippen LogP) is 2.39. The maximum absolute atomic E-state index is 13.6. The van der Waals surface area contributed by atoms with E-state index in [0.717, 1.165) is 22.4 Å². The molecule has 3 heterocycles. The zero-order valence-electron chi connectivity index (χ0n) is 18.0. The minimum absolute atomic E-state index is 0.248. The van der Waals surface area contributed by atoms with E-state index in [9.17, 15) is 14.0 Å². The average molecular weight is 436 g/mol. The quantitative estimate of drug-likeness (QED) is 0.547. The number of carbonyl (C=O) groups excluding carboxylic acids is 1. The van der Waals surface area contributed by atoms with Crippen LogP contribution in [0.25, 0.3) is 0 Å². The molecule has 32 heavy (non-hydrogen) atoms. The van der Waals surface area contributed by atoms with Crippen LogP contribution in [-0.2, 0) is 24.3 Å². The highest BCUT2D eigenvalue weighted by Gasteiger charge is 2.31. The monoisotopic (exact) mass is 436 g/mol. The van der Waals surface area contributed by atoms with Crippen molar-refractivity contribution in [1.29, 1.82) is 0 Å². The first kappa shape index (κ1) is 21.5. The Morgan fingerprint density at radius 2 is 2.03 bits per heavy atom. The second-order valence-electron chi connectivity index (χ2n) is 7.94. The normalized spacial score (nSPS) is 14.8. The van der Waals surface area contributed by atoms with Crippen molar-refractivity contribution in [1.82, 2.24) is 19.9 Å². The van der Waals surface area contributed by atoms with Crippen LogP contribution in [0.1, 0.15) is 40.7 Å². The van der Waals surface area contributed by atoms with Gasteiger partial charge in [0.2, 0.25) is 5.91 Å². The number of carbonyl (C=O) groups is 1. The lowest BCUT2D eigenvalue weighted by Gasteiger charge is -2.16. The first-order valence-corrected chi connectivity index (χ1v) is 10.4. The fourth-order valence-electron chi connectivity index (χ4n) is 3.89. The molecule has 0 saturated heterocycles. The van der Waals surface area contributed by atoms with E-state index in [0.29, 0.717) is 31.0 Å². The molecule has 166 valence electrons. The minimum Gasteiger partial charge on any atom is -0.384 e. The Morgan fingerprint density at radius 1 is 1.22 bits per heavy atom. The lowest BCUT2D eigenvalue weighted by atomic mass is 10.1. The van der Waals surface area contributed by atoms with E-state index in [4.69, 9.17) is 5.73 Å². The van der Waals surface area contributed by atoms with Gasteiger partial charge in [-0.3, -0.25) is 14.2 Å². The molecular weight excluding hydrogens is 411 g/mol. The number of aryl methyl sites for hydroxylation is 3. The van der Waals surface area contributed by atoms with Gasteiger partial charge in [-0.25, -0.2) is 14.4 Å². The van der Waals surface area contributed by atoms with Crippen LogP contribution in [0.3, 0.4) is 0 Å². The molecule has 3 aromatic rings. The number of amides is 1. The summed E-state index contributed by atoms with van der Waals surface area (Å²) in [7, 11) is 0. The first-order valence-electron chi connectivity index (χ1n) is 10.4. The largest absolute Gasteiger partial charge is 0.384 e. The van der Waals surface area contributed by atoms with Crippen molar-refractivity contribution in [3.05, 3.63) is 80.9 Å². The van der Waals surface area contributed by atoms with Crippen molar-refractivity contribution >= 4 is 17.4 Å². The lowest BCUT2D eigenvalue weighted by molar-refractivity contribution is -0.124. The van der Waals surface area contributed by atoms with Crippen LogP contribution in [0, 0.1) is 19.7 Å². The SMILES string of the molecule is Cc1ccc(F)cc1CNc1cnc2n(c1=O)[C@H](C(=O)NCc1ccc(N)nc1C)CC2. The number of pyridine rings is 1. The zero-order valence-corrected chi connectivity index (χ0v) is 18.0. The summed E-state index contributed by atoms with van der Waals surface area (Å²) in [6.07, 6.45) is 2.52. The number of aromatic nitrogens is 3. The smallest absolute Gasteiger partial charge is 0.277 e. The van der Waals surface area contributed by atoms with E-state index in [2.05, 4.69) is 20.6 Å². The van der Waals surface area contributed by atoms with Gasteiger partial charge in [-0.05, 0) is 55.2 Å². The van der Waals surface area contributed by atoms with Crippen LogP contribution in [0.2, 0.25) is 0 Å². The fourth-order valence-corrected chi connectivity index (χ4v) is 3.89. The lowest BCUT2D eigenvalue weighted by Crippen LogP contribution is -2.36. The highest BCUT2D eigenvalue weighted by atomic mass is 19.1. The van der Waals surface area contributed by atoms with Gasteiger partial charge in [-0.2, -0.15) is 0 Å². The van der Waals surface area contributed by atoms with Gasteiger partial charge < -0.3 is 16.4 Å². The Bertz CT molecular complexity index is 1240. The molecule has 9 heteroatoms. The molecule has 0 fully saturated rings. The van der Waals surface area contributed by atoms with Gasteiger partial charge in [0.15, 0.2) is 0 Å². The summed E-state index contributed by atoms with van der Waals surface area (Å²) in [4.78, 5) is 34.5. The van der Waals surface area contributed by atoms with Crippen LogP contribution in [0.4, 0.5) is 15.9 Å². The van der Waals surface area contributed by atoms with Gasteiger partial charge in [0.25, 0.3) is 5.56 Å². The van der Waals surface area contributed by atoms with Crippen molar-refractivity contribution < 1.29 is 9.18 Å². The second kappa shape index (κ2) is 8.78. The molecule has 1 aliphatic heterocycles. The summed E-state index contributed by atoms with van der Waals surface area (Å²) in [6.45, 7) is 4.28. The van der Waals surface area contributed by atoms with Crippen molar-refractivity contribution in [2.75, 3.05) is 11.1 Å². The molecular formula is C23H25FN6O2. The number of nitrogen functional groups attached to an aromatic ring is 1. The topological polar surface area (TPSA) is 115 Å². The maximum Gasteiger partial charge on any atom is 0.277 e. The van der Waals surface area contributed by atoms with Crippen LogP contribution in [-0.4, -0.2) is 20.4 Å². The molecule has 1 amide bonds. The molecule has 0 unspecified atom stereocenters. The second-order valence-corrected chi connectivity index (χ2v) is 7.94. The highest BCUT2D eigenvalue weighted by Crippen LogP contribution is 2.23. The zero-order chi connectivity index (χ0) is 22.8. The van der Waals surface area contributed by atoms with E-state index in [1.165, 1.54) is 22.9 Å². The molecule has 1 atom stereocenters. The molecule has 0 spiro atoms. The van der Waals surface area contributed by atoms with Gasteiger partial charge >= 0.3 is 0 Å². The number of halogens is 1. The maximum atomic E-state index is 13.6. The number of fused-ring (bicyclic) bond motifs is 1. The summed E-state index contributed by atoms with van der Waals surface area (Å²) in [5.41, 5.74) is 8.90. The number of anilines is 2. The van der Waals surface area contributed by atoms with E-state index >= 15 is 0 Å². The van der Waals surface area contributed by atoms with Crippen LogP contribution in [0.5, 0.6) is 0 Å². The summed E-state index contributed by atoms with van der Waals surface area (Å²) in [6, 6.07) is 7.40. The number of hydrogen-bond donors (Lipinski definition) is 3. The number of benzene rings is 1. The Balaban J connectivity index is 1.49. The Kier molecular flexibility index (Phi) is 5.89. The van der Waals surface area contributed by atoms with Crippen LogP contribution < -0.4 is 21.9 Å². The minimum atomic E-state index is -0.635. The molecule has 4 rings (SSSR count). The predicted molar refractivity (Wildman–Crippen MR) is 120 cm³/mol. The van der Waals surface area contributed by atoms with E-state index < -0.39 is 6.04 Å². The molecule has 0 bridgehead atoms. The standard InChI is InChI=1S/C23H25FN6O2/c1-13-3-5-17(24)9-16(13)11-26-18-12-27-21-8-6-19(30(21)23(18)32)22(31)28-10-15-4-7-20(25)29-14(15)2/h3-5,7,9,12,19,26H,6,8,10-11H2,1-2H3,(H2,25,29)(H,28,31)/t19-/m0/s1. The molecule has 2 aromatic heterocycles. The number of rotatable bonds is 6. The number of nitrogens with two attached hydrogens (primary N) is 1. The summed E-state index contributed by atoms with van der Waals surface area (Å²) in [5, 5.41) is 5.93. The number of nitrogens with one attached hydrogen (secondary N) is 2. The molecule has 0 aliphatic carbocycles. The highest BCUT2D eigenvalue weighted by molar-refractivity contribution is 5.81. The number of nitrogens with zero attached hydrogens (tertiary/aromatic N) is 3. The summed E-state index contributed by atoms with van der Waals surface area (Å²) >= 11 is 0. The first-order chi connectivity index (χ1) is 15.3. The summed E-state index contributed by atoms with van der Waals surface area (Å²) < 4.78 is 15.0. The molecule has 1 aliphatic rings. The van der Waals surface area contributed by atoms with Gasteiger partial charge in [-0.1, -0.05) is 12.1 Å². The van der Waals surface area contributed by atoms with Crippen LogP contribution in [0.15, 0.2) is 41.3 Å². The summed E-state index contributed by atoms with van der Waals surface area (Å²) in [5.74, 6) is 0.419. The molecule has 8 nitrogen and oxygen atoms in total. The van der Waals surface area contributed by atoms with E-state index in [1.807, 2.05) is 19.9 Å². The molecule has 1 aromatic carbocycles. The fraction of sp³-hybridized carbons (Fsp3) is 0.304. The van der Waals surface area contributed by atoms with Gasteiger partial charge in [0.05, 0.1) is 6.20 Å². The molecule has 0 saturated carbocycles. The van der Waals surface area contributed by atoms with E-state index in [-0.39, 0.29) is 29.5 Å². The third-order valence-electron chi connectivity index (χ3n) is 5.78. The van der Waals surface area contributed by atoms with Gasteiger partial charge in [-0.15, -0.1) is 0 Å². The third kappa shape index (κ3) is 4.32. The van der Waals surface area contributed by atoms with E-state index in [1.54, 1.807) is 12.1 Å². The molecule has 0 radical (unpaired) electrons. The third-order valence-corrected chi connectivity index (χ3v) is 5.78. The molecule has 4 N–H and O–H groups in total. The van der Waals surface area contributed by atoms with Crippen LogP contribution >= 0.6 is 0 Å².